The van der Waals surface area contributed by atoms with Gasteiger partial charge in [-0.1, -0.05) is 24.3 Å². The van der Waals surface area contributed by atoms with E-state index in [0.717, 1.165) is 42.1 Å². The van der Waals surface area contributed by atoms with Crippen LogP contribution in [0.25, 0.3) is 0 Å². The van der Waals surface area contributed by atoms with Gasteiger partial charge < -0.3 is 23.8 Å². The van der Waals surface area contributed by atoms with E-state index in [1.807, 2.05) is 54.3 Å². The lowest BCUT2D eigenvalue weighted by molar-refractivity contribution is -0.167. The Morgan fingerprint density at radius 3 is 2.82 bits per heavy atom. The molecule has 5 rings (SSSR count). The Morgan fingerprint density at radius 1 is 1.14 bits per heavy atom. The van der Waals surface area contributed by atoms with Crippen molar-refractivity contribution in [1.29, 1.82) is 0 Å². The fourth-order valence-electron chi connectivity index (χ4n) is 4.12. The number of nitrogens with zero attached hydrogens (tertiary/aromatic N) is 1. The molecule has 0 aliphatic carbocycles. The van der Waals surface area contributed by atoms with Gasteiger partial charge in [0.25, 0.3) is 5.91 Å². The Morgan fingerprint density at radius 2 is 2.00 bits per heavy atom. The van der Waals surface area contributed by atoms with E-state index < -0.39 is 6.10 Å². The van der Waals surface area contributed by atoms with Gasteiger partial charge in [0.2, 0.25) is 12.9 Å². The molecular formula is C22H23NO5. The molecule has 0 unspecified atom stereocenters. The van der Waals surface area contributed by atoms with Crippen molar-refractivity contribution in [3.8, 4) is 17.2 Å². The van der Waals surface area contributed by atoms with Crippen molar-refractivity contribution < 1.29 is 23.7 Å². The molecule has 2 aromatic carbocycles. The van der Waals surface area contributed by atoms with Crippen LogP contribution in [0, 0.1) is 6.92 Å². The van der Waals surface area contributed by atoms with Crippen LogP contribution >= 0.6 is 0 Å². The van der Waals surface area contributed by atoms with Crippen LogP contribution in [-0.4, -0.2) is 43.0 Å². The van der Waals surface area contributed by atoms with E-state index in [-0.39, 0.29) is 24.8 Å². The Labute approximate surface area is 163 Å². The third kappa shape index (κ3) is 2.98. The second kappa shape index (κ2) is 7.02. The van der Waals surface area contributed by atoms with E-state index >= 15 is 0 Å². The maximum Gasteiger partial charge on any atom is 0.266 e. The minimum absolute atomic E-state index is 0.00131. The number of hydrogen-bond acceptors (Lipinski definition) is 5. The summed E-state index contributed by atoms with van der Waals surface area (Å²) >= 11 is 0. The molecule has 2 fully saturated rings. The van der Waals surface area contributed by atoms with E-state index in [1.165, 1.54) is 0 Å². The number of fused-ring (bicyclic) bond motifs is 1. The number of likely N-dealkylation sites (tertiary alicyclic amines) is 1. The lowest BCUT2D eigenvalue weighted by Gasteiger charge is -2.47. The number of para-hydroxylation sites is 1. The van der Waals surface area contributed by atoms with Gasteiger partial charge in [0.15, 0.2) is 11.5 Å². The second-order valence-electron chi connectivity index (χ2n) is 7.49. The highest BCUT2D eigenvalue weighted by Gasteiger charge is 2.51. The summed E-state index contributed by atoms with van der Waals surface area (Å²) < 4.78 is 22.9. The number of aryl methyl sites for hydroxylation is 1. The van der Waals surface area contributed by atoms with Crippen molar-refractivity contribution >= 4 is 5.91 Å². The van der Waals surface area contributed by atoms with Gasteiger partial charge in [-0.2, -0.15) is 0 Å². The van der Waals surface area contributed by atoms with Gasteiger partial charge in [-0.25, -0.2) is 0 Å². The van der Waals surface area contributed by atoms with Gasteiger partial charge in [0.05, 0.1) is 6.10 Å². The highest BCUT2D eigenvalue weighted by Crippen LogP contribution is 2.42. The number of β-lactam (4-membered cyclic amide) rings is 1. The van der Waals surface area contributed by atoms with E-state index in [2.05, 4.69) is 0 Å². The maximum atomic E-state index is 13.0. The van der Waals surface area contributed by atoms with Crippen LogP contribution in [-0.2, 0) is 9.53 Å². The molecule has 0 saturated carbocycles. The van der Waals surface area contributed by atoms with Gasteiger partial charge in [-0.05, 0) is 49.1 Å². The number of carbonyl (C=O) groups is 1. The lowest BCUT2D eigenvalue weighted by atomic mass is 9.89. The third-order valence-electron chi connectivity index (χ3n) is 5.66. The summed E-state index contributed by atoms with van der Waals surface area (Å²) in [6, 6.07) is 13.4. The molecule has 0 N–H and O–H groups in total. The summed E-state index contributed by atoms with van der Waals surface area (Å²) in [6.07, 6.45) is 1.58. The molecule has 0 radical (unpaired) electrons. The summed E-state index contributed by atoms with van der Waals surface area (Å²) in [5.41, 5.74) is 2.00. The first-order valence-corrected chi connectivity index (χ1v) is 9.74. The first kappa shape index (κ1) is 17.4. The van der Waals surface area contributed by atoms with E-state index in [1.54, 1.807) is 0 Å². The molecule has 0 spiro atoms. The Bertz CT molecular complexity index is 892. The van der Waals surface area contributed by atoms with Crippen LogP contribution < -0.4 is 14.2 Å². The average molecular weight is 381 g/mol. The largest absolute Gasteiger partial charge is 0.478 e. The van der Waals surface area contributed by atoms with Crippen molar-refractivity contribution in [1.82, 2.24) is 4.90 Å². The van der Waals surface area contributed by atoms with Crippen molar-refractivity contribution in [2.24, 2.45) is 0 Å². The Hall–Kier alpha value is -2.73. The molecule has 0 bridgehead atoms. The molecule has 2 saturated heterocycles. The lowest BCUT2D eigenvalue weighted by Crippen LogP contribution is -2.62. The summed E-state index contributed by atoms with van der Waals surface area (Å²) in [4.78, 5) is 14.8. The molecule has 146 valence electrons. The normalized spacial score (nSPS) is 25.7. The minimum Gasteiger partial charge on any atom is -0.478 e. The average Bonchev–Trinajstić information content (AvgIpc) is 3.39. The van der Waals surface area contributed by atoms with Crippen molar-refractivity contribution in [2.75, 3.05) is 19.9 Å². The second-order valence-corrected chi connectivity index (χ2v) is 7.49. The monoisotopic (exact) mass is 381 g/mol. The topological polar surface area (TPSA) is 57.2 Å². The quantitative estimate of drug-likeness (QED) is 0.745. The first-order valence-electron chi connectivity index (χ1n) is 9.74. The van der Waals surface area contributed by atoms with Crippen LogP contribution in [0.1, 0.15) is 30.0 Å². The molecule has 2 aromatic rings. The fourth-order valence-corrected chi connectivity index (χ4v) is 4.12. The molecule has 3 heterocycles. The highest BCUT2D eigenvalue weighted by atomic mass is 16.7. The van der Waals surface area contributed by atoms with Crippen LogP contribution in [0.5, 0.6) is 17.2 Å². The molecule has 1 amide bonds. The summed E-state index contributed by atoms with van der Waals surface area (Å²) in [5.74, 6) is 2.18. The molecule has 6 nitrogen and oxygen atoms in total. The van der Waals surface area contributed by atoms with E-state index in [9.17, 15) is 4.79 Å². The fraction of sp³-hybridized carbons (Fsp3) is 0.409. The summed E-state index contributed by atoms with van der Waals surface area (Å²) in [7, 11) is 0. The van der Waals surface area contributed by atoms with Crippen LogP contribution in [0.15, 0.2) is 42.5 Å². The van der Waals surface area contributed by atoms with Gasteiger partial charge in [0.1, 0.15) is 11.8 Å². The number of amides is 1. The minimum atomic E-state index is -0.553. The highest BCUT2D eigenvalue weighted by molar-refractivity contribution is 5.89. The predicted molar refractivity (Wildman–Crippen MR) is 102 cm³/mol. The van der Waals surface area contributed by atoms with Gasteiger partial charge in [-0.3, -0.25) is 4.79 Å². The predicted octanol–water partition coefficient (Wildman–Crippen LogP) is 3.23. The van der Waals surface area contributed by atoms with Crippen LogP contribution in [0.3, 0.4) is 0 Å². The molecular weight excluding hydrogens is 358 g/mol. The van der Waals surface area contributed by atoms with Crippen molar-refractivity contribution in [3.63, 3.8) is 0 Å². The molecule has 3 aliphatic heterocycles. The number of rotatable bonds is 5. The van der Waals surface area contributed by atoms with E-state index in [0.29, 0.717) is 12.3 Å². The smallest absolute Gasteiger partial charge is 0.266 e. The zero-order valence-electron chi connectivity index (χ0n) is 15.8. The van der Waals surface area contributed by atoms with Gasteiger partial charge in [-0.15, -0.1) is 0 Å². The molecule has 3 atom stereocenters. The third-order valence-corrected chi connectivity index (χ3v) is 5.66. The Kier molecular flexibility index (Phi) is 4.36. The number of hydrogen-bond donors (Lipinski definition) is 0. The van der Waals surface area contributed by atoms with Crippen molar-refractivity contribution in [2.45, 2.75) is 38.0 Å². The zero-order chi connectivity index (χ0) is 19.1. The van der Waals surface area contributed by atoms with Crippen LogP contribution in [0.4, 0.5) is 0 Å². The SMILES string of the molecule is Cc1ccccc1O[C@@H]1C(=O)N(C[C@@H]2CCCO2)[C@H]1c1ccc2c(c1)OCO2. The van der Waals surface area contributed by atoms with E-state index in [4.69, 9.17) is 18.9 Å². The van der Waals surface area contributed by atoms with Crippen LogP contribution in [0.2, 0.25) is 0 Å². The molecule has 28 heavy (non-hydrogen) atoms. The van der Waals surface area contributed by atoms with Gasteiger partial charge >= 0.3 is 0 Å². The van der Waals surface area contributed by atoms with Gasteiger partial charge in [0, 0.05) is 13.2 Å². The first-order chi connectivity index (χ1) is 13.7. The summed E-state index contributed by atoms with van der Waals surface area (Å²) in [5, 5.41) is 0. The Balaban J connectivity index is 1.43. The maximum absolute atomic E-state index is 13.0. The number of ether oxygens (including phenoxy) is 4. The molecule has 0 aromatic heterocycles. The van der Waals surface area contributed by atoms with Crippen molar-refractivity contribution in [3.05, 3.63) is 53.6 Å². The number of carbonyl (C=O) groups excluding carboxylic acids is 1. The standard InChI is InChI=1S/C22H23NO5/c1-14-5-2-3-7-17(14)28-21-20(15-8-9-18-19(11-15)27-13-26-18)23(22(21)24)12-16-6-4-10-25-16/h2-3,5,7-9,11,16,20-21H,4,6,10,12-13H2,1H3/t16-,20-,21-/m0/s1. The zero-order valence-corrected chi connectivity index (χ0v) is 15.8. The molecule has 3 aliphatic rings. The molecule has 6 heteroatoms. The number of benzene rings is 2. The summed E-state index contributed by atoms with van der Waals surface area (Å²) in [6.45, 7) is 3.57.